The van der Waals surface area contributed by atoms with Crippen molar-refractivity contribution in [2.24, 2.45) is 10.1 Å². The van der Waals surface area contributed by atoms with Gasteiger partial charge in [-0.05, 0) is 54.6 Å². The van der Waals surface area contributed by atoms with Crippen LogP contribution >= 0.6 is 23.1 Å². The van der Waals surface area contributed by atoms with Gasteiger partial charge >= 0.3 is 0 Å². The molecule has 0 aliphatic carbocycles. The van der Waals surface area contributed by atoms with E-state index in [1.54, 1.807) is 29.5 Å². The summed E-state index contributed by atoms with van der Waals surface area (Å²) in [6.07, 6.45) is 6.44. The van der Waals surface area contributed by atoms with Crippen LogP contribution in [-0.4, -0.2) is 31.8 Å². The lowest BCUT2D eigenvalue weighted by atomic mass is 10.3. The molecule has 0 aliphatic rings. The predicted octanol–water partition coefficient (Wildman–Crippen LogP) is 2.99. The lowest BCUT2D eigenvalue weighted by Crippen LogP contribution is -2.16. The number of carbonyl (C=O) groups is 1. The molecular weight excluding hydrogens is 454 g/mol. The van der Waals surface area contributed by atoms with Crippen LogP contribution in [0.15, 0.2) is 57.2 Å². The third-order valence-corrected chi connectivity index (χ3v) is 7.37. The number of nitrogens with zero attached hydrogens (tertiary/aromatic N) is 2. The van der Waals surface area contributed by atoms with Gasteiger partial charge in [-0.3, -0.25) is 4.79 Å². The van der Waals surface area contributed by atoms with E-state index in [1.165, 1.54) is 23.5 Å². The number of amides is 1. The van der Waals surface area contributed by atoms with Crippen molar-refractivity contribution in [2.45, 2.75) is 29.2 Å². The van der Waals surface area contributed by atoms with Gasteiger partial charge < -0.3 is 9.30 Å². The monoisotopic (exact) mass is 475 g/mol. The lowest BCUT2D eigenvalue weighted by Gasteiger charge is -2.03. The number of fused-ring (bicyclic) bond motifs is 1. The van der Waals surface area contributed by atoms with Crippen molar-refractivity contribution < 1.29 is 17.9 Å². The highest BCUT2D eigenvalue weighted by Crippen LogP contribution is 2.23. The number of carbonyl (C=O) groups excluding carboxylic acids is 1. The van der Waals surface area contributed by atoms with Crippen molar-refractivity contribution in [1.82, 2.24) is 4.57 Å². The Labute approximate surface area is 189 Å². The van der Waals surface area contributed by atoms with E-state index in [0.717, 1.165) is 16.4 Å². The fourth-order valence-electron chi connectivity index (χ4n) is 2.81. The van der Waals surface area contributed by atoms with Crippen molar-refractivity contribution in [2.75, 3.05) is 12.9 Å². The van der Waals surface area contributed by atoms with Crippen LogP contribution in [0.3, 0.4) is 0 Å². The van der Waals surface area contributed by atoms with Gasteiger partial charge in [-0.2, -0.15) is 4.99 Å². The number of nitrogens with two attached hydrogens (primary N) is 1. The SMILES string of the molecule is C#CCn1c(=NC(=O)CCCSc2ccc(OC)cc2)sc2cc(S(N)(=O)=O)ccc21. The Morgan fingerprint density at radius 2 is 2.03 bits per heavy atom. The Balaban J connectivity index is 1.71. The predicted molar refractivity (Wildman–Crippen MR) is 124 cm³/mol. The normalized spacial score (nSPS) is 12.1. The smallest absolute Gasteiger partial charge is 0.248 e. The first-order valence-corrected chi connectivity index (χ1v) is 12.6. The number of methoxy groups -OCH3 is 1. The number of terminal acetylenes is 1. The Morgan fingerprint density at radius 3 is 2.68 bits per heavy atom. The van der Waals surface area contributed by atoms with E-state index >= 15 is 0 Å². The Bertz CT molecular complexity index is 1300. The van der Waals surface area contributed by atoms with Crippen molar-refractivity contribution in [3.63, 3.8) is 0 Å². The molecule has 2 N–H and O–H groups in total. The maximum absolute atomic E-state index is 12.4. The molecule has 2 aromatic carbocycles. The second-order valence-corrected chi connectivity index (χ2v) is 10.2. The Morgan fingerprint density at radius 1 is 1.29 bits per heavy atom. The van der Waals surface area contributed by atoms with E-state index < -0.39 is 10.0 Å². The molecule has 7 nitrogen and oxygen atoms in total. The van der Waals surface area contributed by atoms with Crippen LogP contribution in [0.2, 0.25) is 0 Å². The van der Waals surface area contributed by atoms with Crippen LogP contribution in [0.25, 0.3) is 10.2 Å². The zero-order valence-electron chi connectivity index (χ0n) is 16.8. The molecule has 3 rings (SSSR count). The summed E-state index contributed by atoms with van der Waals surface area (Å²) in [6.45, 7) is 0.216. The van der Waals surface area contributed by atoms with E-state index in [0.29, 0.717) is 27.9 Å². The van der Waals surface area contributed by atoms with Gasteiger partial charge in [0.2, 0.25) is 15.9 Å². The summed E-state index contributed by atoms with van der Waals surface area (Å²) in [5, 5.41) is 5.21. The molecule has 0 bridgehead atoms. The van der Waals surface area contributed by atoms with Crippen LogP contribution in [0.5, 0.6) is 5.75 Å². The Kier molecular flexibility index (Phi) is 7.56. The van der Waals surface area contributed by atoms with Gasteiger partial charge in [-0.25, -0.2) is 13.6 Å². The first-order chi connectivity index (χ1) is 14.8. The van der Waals surface area contributed by atoms with Gasteiger partial charge in [-0.15, -0.1) is 18.2 Å². The summed E-state index contributed by atoms with van der Waals surface area (Å²) >= 11 is 2.86. The minimum atomic E-state index is -3.82. The first-order valence-electron chi connectivity index (χ1n) is 9.26. The summed E-state index contributed by atoms with van der Waals surface area (Å²) in [6, 6.07) is 12.3. The molecule has 1 aromatic heterocycles. The number of thiazole rings is 1. The number of primary sulfonamides is 1. The topological polar surface area (TPSA) is 104 Å². The van der Waals surface area contributed by atoms with Crippen molar-refractivity contribution in [1.29, 1.82) is 0 Å². The fourth-order valence-corrected chi connectivity index (χ4v) is 5.36. The molecule has 0 unspecified atom stereocenters. The van der Waals surface area contributed by atoms with Crippen molar-refractivity contribution >= 4 is 49.2 Å². The number of benzene rings is 2. The minimum Gasteiger partial charge on any atom is -0.497 e. The number of ether oxygens (including phenoxy) is 1. The van der Waals surface area contributed by atoms with Crippen LogP contribution < -0.4 is 14.7 Å². The summed E-state index contributed by atoms with van der Waals surface area (Å²) in [4.78, 5) is 18.2. The van der Waals surface area contributed by atoms with Crippen molar-refractivity contribution in [3.05, 3.63) is 47.3 Å². The third kappa shape index (κ3) is 5.98. The fraction of sp³-hybridized carbons (Fsp3) is 0.238. The van der Waals surface area contributed by atoms with E-state index in [1.807, 2.05) is 24.3 Å². The maximum Gasteiger partial charge on any atom is 0.248 e. The van der Waals surface area contributed by atoms with Crippen molar-refractivity contribution in [3.8, 4) is 18.1 Å². The maximum atomic E-state index is 12.4. The van der Waals surface area contributed by atoms with E-state index in [4.69, 9.17) is 16.3 Å². The molecule has 0 saturated heterocycles. The average Bonchev–Trinajstić information content (AvgIpc) is 3.07. The molecule has 0 radical (unpaired) electrons. The highest BCUT2D eigenvalue weighted by molar-refractivity contribution is 7.99. The molecule has 0 atom stereocenters. The molecule has 0 spiro atoms. The van der Waals surface area contributed by atoms with Gasteiger partial charge in [0, 0.05) is 11.3 Å². The number of aromatic nitrogens is 1. The van der Waals surface area contributed by atoms with Gasteiger partial charge in [0.05, 0.1) is 28.8 Å². The number of thioether (sulfide) groups is 1. The van der Waals surface area contributed by atoms with Gasteiger partial charge in [0.25, 0.3) is 0 Å². The molecule has 1 amide bonds. The lowest BCUT2D eigenvalue weighted by molar-refractivity contribution is -0.118. The summed E-state index contributed by atoms with van der Waals surface area (Å²) < 4.78 is 30.7. The van der Waals surface area contributed by atoms with Crippen LogP contribution in [0.1, 0.15) is 12.8 Å². The van der Waals surface area contributed by atoms with Crippen LogP contribution in [0, 0.1) is 12.3 Å². The molecule has 0 aliphatic heterocycles. The molecule has 3 aromatic rings. The zero-order valence-corrected chi connectivity index (χ0v) is 19.2. The quantitative estimate of drug-likeness (QED) is 0.306. The second kappa shape index (κ2) is 10.2. The largest absolute Gasteiger partial charge is 0.497 e. The average molecular weight is 476 g/mol. The molecule has 0 saturated carbocycles. The number of hydrogen-bond acceptors (Lipinski definition) is 6. The molecule has 0 fully saturated rings. The van der Waals surface area contributed by atoms with Gasteiger partial charge in [0.1, 0.15) is 5.75 Å². The third-order valence-electron chi connectivity index (χ3n) is 4.32. The number of sulfonamides is 1. The van der Waals surface area contributed by atoms with E-state index in [-0.39, 0.29) is 17.3 Å². The van der Waals surface area contributed by atoms with Crippen LogP contribution in [-0.2, 0) is 21.4 Å². The number of hydrogen-bond donors (Lipinski definition) is 1. The molecule has 31 heavy (non-hydrogen) atoms. The van der Waals surface area contributed by atoms with E-state index in [9.17, 15) is 13.2 Å². The molecule has 1 heterocycles. The zero-order chi connectivity index (χ0) is 22.4. The highest BCUT2D eigenvalue weighted by Gasteiger charge is 2.13. The number of rotatable bonds is 8. The molecule has 10 heteroatoms. The first kappa shape index (κ1) is 23.1. The summed E-state index contributed by atoms with van der Waals surface area (Å²) in [5.41, 5.74) is 0.706. The molecular formula is C21H21N3O4S3. The van der Waals surface area contributed by atoms with E-state index in [2.05, 4.69) is 10.9 Å². The molecule has 162 valence electrons. The van der Waals surface area contributed by atoms with Crippen LogP contribution in [0.4, 0.5) is 0 Å². The second-order valence-electron chi connectivity index (χ2n) is 6.48. The summed E-state index contributed by atoms with van der Waals surface area (Å²) in [7, 11) is -2.20. The van der Waals surface area contributed by atoms with Gasteiger partial charge in [-0.1, -0.05) is 17.3 Å². The minimum absolute atomic E-state index is 0.00235. The Hall–Kier alpha value is -2.58. The highest BCUT2D eigenvalue weighted by atomic mass is 32.2. The van der Waals surface area contributed by atoms with Gasteiger partial charge in [0.15, 0.2) is 4.80 Å². The summed E-state index contributed by atoms with van der Waals surface area (Å²) in [5.74, 6) is 3.88. The standard InChI is InChI=1S/C21H21N3O4S3/c1-3-12-24-18-11-10-17(31(22,26)27)14-19(18)30-21(24)23-20(25)5-4-13-29-16-8-6-15(28-2)7-9-16/h1,6-11,14H,4-5,12-13H2,2H3,(H2,22,26,27).